The first-order chi connectivity index (χ1) is 5.78. The quantitative estimate of drug-likeness (QED) is 0.561. The van der Waals surface area contributed by atoms with Crippen molar-refractivity contribution in [2.24, 2.45) is 5.92 Å². The fourth-order valence-electron chi connectivity index (χ4n) is 0.915. The Morgan fingerprint density at radius 2 is 1.92 bits per heavy atom. The summed E-state index contributed by atoms with van der Waals surface area (Å²) in [5, 5.41) is 9.22. The van der Waals surface area contributed by atoms with E-state index in [9.17, 15) is 14.5 Å². The zero-order chi connectivity index (χ0) is 10.6. The molecule has 13 heavy (non-hydrogen) atoms. The molecule has 0 aliphatic rings. The van der Waals surface area contributed by atoms with Gasteiger partial charge >= 0.3 is 7.60 Å². The molecule has 3 N–H and O–H groups in total. The third kappa shape index (κ3) is 5.16. The lowest BCUT2D eigenvalue weighted by atomic mass is 9.99. The summed E-state index contributed by atoms with van der Waals surface area (Å²) < 4.78 is 10.4. The van der Waals surface area contributed by atoms with Gasteiger partial charge in [-0.3, -0.25) is 9.36 Å². The van der Waals surface area contributed by atoms with Gasteiger partial charge in [-0.05, 0) is 6.42 Å². The van der Waals surface area contributed by atoms with E-state index >= 15 is 0 Å². The molecule has 0 radical (unpaired) electrons. The predicted octanol–water partition coefficient (Wildman–Crippen LogP) is 0.140. The highest BCUT2D eigenvalue weighted by atomic mass is 31.2. The van der Waals surface area contributed by atoms with Gasteiger partial charge < -0.3 is 14.9 Å². The number of aliphatic hydroxyl groups excluding tert-OH is 1. The molecular formula is C7H15O5P. The summed E-state index contributed by atoms with van der Waals surface area (Å²) in [5.41, 5.74) is 0. The molecule has 78 valence electrons. The largest absolute Gasteiger partial charge is 0.392 e. The summed E-state index contributed by atoms with van der Waals surface area (Å²) in [6.45, 7) is 3.16. The highest BCUT2D eigenvalue weighted by Gasteiger charge is 2.26. The molecule has 0 rings (SSSR count). The lowest BCUT2D eigenvalue weighted by Crippen LogP contribution is -2.27. The van der Waals surface area contributed by atoms with Gasteiger partial charge in [-0.1, -0.05) is 13.8 Å². The summed E-state index contributed by atoms with van der Waals surface area (Å²) >= 11 is 0. The van der Waals surface area contributed by atoms with Crippen LogP contribution in [0.2, 0.25) is 0 Å². The minimum Gasteiger partial charge on any atom is -0.392 e. The standard InChI is InChI=1S/C7H15O5P/c1-3-6(8)5(2)7(9)4-13(10,11)12/h5-6,8H,3-4H2,1-2H3,(H2,10,11,12)/t5-,6+/m1/s1. The Morgan fingerprint density at radius 3 is 2.23 bits per heavy atom. The number of ketones is 1. The van der Waals surface area contributed by atoms with Crippen molar-refractivity contribution in [1.82, 2.24) is 0 Å². The van der Waals surface area contributed by atoms with Crippen molar-refractivity contribution in [3.63, 3.8) is 0 Å². The Morgan fingerprint density at radius 1 is 1.46 bits per heavy atom. The van der Waals surface area contributed by atoms with Crippen molar-refractivity contribution in [3.05, 3.63) is 0 Å². The van der Waals surface area contributed by atoms with Crippen LogP contribution in [-0.4, -0.2) is 32.9 Å². The van der Waals surface area contributed by atoms with E-state index in [1.807, 2.05) is 0 Å². The lowest BCUT2D eigenvalue weighted by Gasteiger charge is -2.15. The van der Waals surface area contributed by atoms with Gasteiger partial charge in [0.05, 0.1) is 6.10 Å². The zero-order valence-electron chi connectivity index (χ0n) is 7.67. The molecule has 0 aromatic heterocycles. The normalized spacial score (nSPS) is 16.7. The second kappa shape index (κ2) is 4.86. The Labute approximate surface area is 76.9 Å². The lowest BCUT2D eigenvalue weighted by molar-refractivity contribution is -0.123. The Kier molecular flexibility index (Phi) is 4.78. The second-order valence-corrected chi connectivity index (χ2v) is 4.70. The van der Waals surface area contributed by atoms with Crippen LogP contribution in [0.15, 0.2) is 0 Å². The van der Waals surface area contributed by atoms with Gasteiger partial charge in [0.1, 0.15) is 11.9 Å². The molecule has 0 amide bonds. The number of aliphatic hydroxyl groups is 1. The van der Waals surface area contributed by atoms with Crippen molar-refractivity contribution in [3.8, 4) is 0 Å². The van der Waals surface area contributed by atoms with Crippen LogP contribution in [0, 0.1) is 5.92 Å². The fraction of sp³-hybridized carbons (Fsp3) is 0.857. The molecule has 0 fully saturated rings. The molecule has 0 aliphatic carbocycles. The van der Waals surface area contributed by atoms with Crippen LogP contribution in [0.5, 0.6) is 0 Å². The van der Waals surface area contributed by atoms with Crippen molar-refractivity contribution >= 4 is 13.4 Å². The summed E-state index contributed by atoms with van der Waals surface area (Å²) in [4.78, 5) is 28.1. The molecule has 5 nitrogen and oxygen atoms in total. The molecule has 0 saturated heterocycles. The van der Waals surface area contributed by atoms with E-state index in [1.165, 1.54) is 6.92 Å². The molecule has 0 bridgehead atoms. The number of carbonyl (C=O) groups excluding carboxylic acids is 1. The van der Waals surface area contributed by atoms with Crippen LogP contribution >= 0.6 is 7.60 Å². The minimum atomic E-state index is -4.29. The van der Waals surface area contributed by atoms with Gasteiger partial charge in [0.25, 0.3) is 0 Å². The van der Waals surface area contributed by atoms with Gasteiger partial charge in [-0.15, -0.1) is 0 Å². The first-order valence-corrected chi connectivity index (χ1v) is 5.83. The molecule has 0 saturated carbocycles. The van der Waals surface area contributed by atoms with Crippen LogP contribution in [-0.2, 0) is 9.36 Å². The predicted molar refractivity (Wildman–Crippen MR) is 47.4 cm³/mol. The molecule has 0 unspecified atom stereocenters. The van der Waals surface area contributed by atoms with Crippen LogP contribution in [0.25, 0.3) is 0 Å². The second-order valence-electron chi connectivity index (χ2n) is 3.05. The van der Waals surface area contributed by atoms with E-state index < -0.39 is 31.6 Å². The molecule has 0 heterocycles. The average Bonchev–Trinajstić information content (AvgIpc) is 1.98. The molecular weight excluding hydrogens is 195 g/mol. The molecule has 6 heteroatoms. The van der Waals surface area contributed by atoms with E-state index in [4.69, 9.17) is 9.79 Å². The number of Topliss-reactive ketones (excluding diaryl/α,β-unsaturated/α-hetero) is 1. The molecule has 0 spiro atoms. The fourth-order valence-corrected chi connectivity index (χ4v) is 1.61. The first kappa shape index (κ1) is 12.8. The van der Waals surface area contributed by atoms with Crippen LogP contribution in [0.4, 0.5) is 0 Å². The maximum Gasteiger partial charge on any atom is 0.332 e. The molecule has 0 aromatic carbocycles. The van der Waals surface area contributed by atoms with Crippen LogP contribution < -0.4 is 0 Å². The Bertz CT molecular complexity index is 221. The average molecular weight is 210 g/mol. The number of rotatable bonds is 5. The van der Waals surface area contributed by atoms with Gasteiger partial charge in [-0.25, -0.2) is 0 Å². The van der Waals surface area contributed by atoms with E-state index in [0.29, 0.717) is 6.42 Å². The zero-order valence-corrected chi connectivity index (χ0v) is 8.57. The minimum absolute atomic E-state index is 0.397. The van der Waals surface area contributed by atoms with E-state index in [-0.39, 0.29) is 0 Å². The van der Waals surface area contributed by atoms with Crippen molar-refractivity contribution in [2.75, 3.05) is 6.16 Å². The highest BCUT2D eigenvalue weighted by Crippen LogP contribution is 2.35. The monoisotopic (exact) mass is 210 g/mol. The third-order valence-corrected chi connectivity index (χ3v) is 2.59. The molecule has 2 atom stereocenters. The number of hydrogen-bond donors (Lipinski definition) is 3. The maximum atomic E-state index is 11.1. The highest BCUT2D eigenvalue weighted by molar-refractivity contribution is 7.52. The topological polar surface area (TPSA) is 94.8 Å². The SMILES string of the molecule is CC[C@H](O)[C@@H](C)C(=O)CP(=O)(O)O. The summed E-state index contributed by atoms with van der Waals surface area (Å²) in [6, 6.07) is 0. The van der Waals surface area contributed by atoms with Crippen molar-refractivity contribution in [1.29, 1.82) is 0 Å². The van der Waals surface area contributed by atoms with Gasteiger partial charge in [-0.2, -0.15) is 0 Å². The number of carbonyl (C=O) groups is 1. The Balaban J connectivity index is 4.20. The maximum absolute atomic E-state index is 11.1. The van der Waals surface area contributed by atoms with Crippen LogP contribution in [0.1, 0.15) is 20.3 Å². The van der Waals surface area contributed by atoms with Crippen molar-refractivity contribution in [2.45, 2.75) is 26.4 Å². The van der Waals surface area contributed by atoms with Crippen LogP contribution in [0.3, 0.4) is 0 Å². The first-order valence-electron chi connectivity index (χ1n) is 4.03. The van der Waals surface area contributed by atoms with Gasteiger partial charge in [0.15, 0.2) is 0 Å². The van der Waals surface area contributed by atoms with Gasteiger partial charge in [0.2, 0.25) is 0 Å². The molecule has 0 aliphatic heterocycles. The van der Waals surface area contributed by atoms with E-state index in [0.717, 1.165) is 0 Å². The summed E-state index contributed by atoms with van der Waals surface area (Å²) in [6.07, 6.45) is -1.21. The molecule has 0 aromatic rings. The smallest absolute Gasteiger partial charge is 0.332 e. The van der Waals surface area contributed by atoms with E-state index in [2.05, 4.69) is 0 Å². The summed E-state index contributed by atoms with van der Waals surface area (Å²) in [7, 11) is -4.29. The third-order valence-electron chi connectivity index (χ3n) is 1.87. The Hall–Kier alpha value is -0.220. The van der Waals surface area contributed by atoms with Crippen molar-refractivity contribution < 1.29 is 24.3 Å². The van der Waals surface area contributed by atoms with E-state index in [1.54, 1.807) is 6.92 Å². The summed E-state index contributed by atoms with van der Waals surface area (Å²) in [5.74, 6) is -1.31. The number of hydrogen-bond acceptors (Lipinski definition) is 3. The van der Waals surface area contributed by atoms with Gasteiger partial charge in [0, 0.05) is 5.92 Å².